The van der Waals surface area contributed by atoms with Crippen LogP contribution in [0.1, 0.15) is 39.5 Å². The zero-order valence-corrected chi connectivity index (χ0v) is 12.5. The van der Waals surface area contributed by atoms with Gasteiger partial charge < -0.3 is 14.6 Å². The van der Waals surface area contributed by atoms with Crippen LogP contribution in [0.3, 0.4) is 0 Å². The molecule has 0 aliphatic heterocycles. The van der Waals surface area contributed by atoms with Gasteiger partial charge in [-0.1, -0.05) is 26.7 Å². The van der Waals surface area contributed by atoms with E-state index in [9.17, 15) is 4.79 Å². The first-order valence-corrected chi connectivity index (χ1v) is 7.57. The molecular weight excluding hydrogens is 254 g/mol. The van der Waals surface area contributed by atoms with E-state index >= 15 is 0 Å². The quantitative estimate of drug-likeness (QED) is 0.778. The van der Waals surface area contributed by atoms with Gasteiger partial charge >= 0.3 is 0 Å². The predicted octanol–water partition coefficient (Wildman–Crippen LogP) is 2.27. The second-order valence-corrected chi connectivity index (χ2v) is 5.83. The topological polar surface area (TPSA) is 56.1 Å². The third kappa shape index (κ3) is 4.34. The molecule has 0 radical (unpaired) electrons. The van der Waals surface area contributed by atoms with Gasteiger partial charge in [0.1, 0.15) is 0 Å². The SMILES string of the molecule is CC(C)Cn1ccnc(NCCOC2CCCC2)c1=O. The van der Waals surface area contributed by atoms with Crippen LogP contribution in [0.25, 0.3) is 0 Å². The van der Waals surface area contributed by atoms with Gasteiger partial charge in [0.15, 0.2) is 5.82 Å². The van der Waals surface area contributed by atoms with Crippen LogP contribution in [0, 0.1) is 5.92 Å². The minimum absolute atomic E-state index is 0.0536. The van der Waals surface area contributed by atoms with Gasteiger partial charge in [-0.05, 0) is 18.8 Å². The first kappa shape index (κ1) is 15.0. The molecule has 1 N–H and O–H groups in total. The molecule has 0 amide bonds. The summed E-state index contributed by atoms with van der Waals surface area (Å²) in [4.78, 5) is 16.3. The molecule has 0 unspecified atom stereocenters. The lowest BCUT2D eigenvalue weighted by molar-refractivity contribution is 0.0658. The number of nitrogens with one attached hydrogen (secondary N) is 1. The predicted molar refractivity (Wildman–Crippen MR) is 80.0 cm³/mol. The number of nitrogens with zero attached hydrogens (tertiary/aromatic N) is 2. The Labute approximate surface area is 120 Å². The summed E-state index contributed by atoms with van der Waals surface area (Å²) in [5.74, 6) is 0.858. The van der Waals surface area contributed by atoms with Gasteiger partial charge in [0, 0.05) is 25.5 Å². The molecular formula is C15H25N3O2. The highest BCUT2D eigenvalue weighted by molar-refractivity contribution is 5.30. The maximum Gasteiger partial charge on any atom is 0.293 e. The summed E-state index contributed by atoms with van der Waals surface area (Å²) in [6.07, 6.45) is 8.72. The Hall–Kier alpha value is -1.36. The Morgan fingerprint density at radius 3 is 2.90 bits per heavy atom. The van der Waals surface area contributed by atoms with Gasteiger partial charge in [0.25, 0.3) is 5.56 Å². The van der Waals surface area contributed by atoms with Gasteiger partial charge in [-0.3, -0.25) is 4.79 Å². The number of hydrogen-bond donors (Lipinski definition) is 1. The second kappa shape index (κ2) is 7.43. The van der Waals surface area contributed by atoms with Gasteiger partial charge in [-0.15, -0.1) is 0 Å². The molecule has 0 saturated heterocycles. The first-order valence-electron chi connectivity index (χ1n) is 7.57. The first-order chi connectivity index (χ1) is 9.66. The molecule has 20 heavy (non-hydrogen) atoms. The Morgan fingerprint density at radius 1 is 1.45 bits per heavy atom. The number of hydrogen-bond acceptors (Lipinski definition) is 4. The van der Waals surface area contributed by atoms with Crippen LogP contribution >= 0.6 is 0 Å². The Bertz CT molecular complexity index is 464. The average Bonchev–Trinajstić information content (AvgIpc) is 2.91. The zero-order chi connectivity index (χ0) is 14.4. The van der Waals surface area contributed by atoms with Crippen LogP contribution < -0.4 is 10.9 Å². The lowest BCUT2D eigenvalue weighted by Crippen LogP contribution is -2.27. The Morgan fingerprint density at radius 2 is 2.20 bits per heavy atom. The van der Waals surface area contributed by atoms with Crippen LogP contribution in [0.15, 0.2) is 17.2 Å². The molecule has 2 rings (SSSR count). The van der Waals surface area contributed by atoms with E-state index in [-0.39, 0.29) is 5.56 Å². The standard InChI is InChI=1S/C15H25N3O2/c1-12(2)11-18-9-7-16-14(15(18)19)17-8-10-20-13-5-3-4-6-13/h7,9,12-13H,3-6,8,10-11H2,1-2H3,(H,16,17). The maximum atomic E-state index is 12.2. The van der Waals surface area contributed by atoms with Gasteiger partial charge in [0.2, 0.25) is 0 Å². The van der Waals surface area contributed by atoms with Crippen molar-refractivity contribution in [2.75, 3.05) is 18.5 Å². The largest absolute Gasteiger partial charge is 0.376 e. The van der Waals surface area contributed by atoms with Crippen molar-refractivity contribution < 1.29 is 4.74 Å². The van der Waals surface area contributed by atoms with Crippen LogP contribution in [-0.2, 0) is 11.3 Å². The number of rotatable bonds is 7. The van der Waals surface area contributed by atoms with E-state index in [4.69, 9.17) is 4.74 Å². The van der Waals surface area contributed by atoms with Crippen molar-refractivity contribution >= 4 is 5.82 Å². The molecule has 5 nitrogen and oxygen atoms in total. The minimum atomic E-state index is -0.0536. The van der Waals surface area contributed by atoms with Crippen molar-refractivity contribution in [3.05, 3.63) is 22.7 Å². The molecule has 0 atom stereocenters. The molecule has 1 aromatic rings. The monoisotopic (exact) mass is 279 g/mol. The van der Waals surface area contributed by atoms with Crippen molar-refractivity contribution in [2.45, 2.75) is 52.2 Å². The molecule has 1 fully saturated rings. The third-order valence-electron chi connectivity index (χ3n) is 3.53. The fourth-order valence-corrected chi connectivity index (χ4v) is 2.56. The maximum absolute atomic E-state index is 12.2. The summed E-state index contributed by atoms with van der Waals surface area (Å²) in [6.45, 7) is 6.16. The molecule has 0 aromatic carbocycles. The van der Waals surface area contributed by atoms with Crippen molar-refractivity contribution in [1.82, 2.24) is 9.55 Å². The van der Waals surface area contributed by atoms with Crippen LogP contribution in [0.5, 0.6) is 0 Å². The summed E-state index contributed by atoms with van der Waals surface area (Å²) in [5, 5.41) is 3.08. The fourth-order valence-electron chi connectivity index (χ4n) is 2.56. The summed E-state index contributed by atoms with van der Waals surface area (Å²) in [6, 6.07) is 0. The fraction of sp³-hybridized carbons (Fsp3) is 0.733. The van der Waals surface area contributed by atoms with Crippen molar-refractivity contribution in [3.8, 4) is 0 Å². The lowest BCUT2D eigenvalue weighted by Gasteiger charge is -2.13. The van der Waals surface area contributed by atoms with E-state index in [0.717, 1.165) is 0 Å². The van der Waals surface area contributed by atoms with Crippen LogP contribution in [-0.4, -0.2) is 28.8 Å². The zero-order valence-electron chi connectivity index (χ0n) is 12.5. The number of anilines is 1. The average molecular weight is 279 g/mol. The Balaban J connectivity index is 1.81. The molecule has 5 heteroatoms. The van der Waals surface area contributed by atoms with Gasteiger partial charge in [-0.2, -0.15) is 0 Å². The van der Waals surface area contributed by atoms with E-state index in [2.05, 4.69) is 24.1 Å². The van der Waals surface area contributed by atoms with Crippen LogP contribution in [0.4, 0.5) is 5.82 Å². The summed E-state index contributed by atoms with van der Waals surface area (Å²) < 4.78 is 7.47. The third-order valence-corrected chi connectivity index (χ3v) is 3.53. The van der Waals surface area contributed by atoms with E-state index in [1.807, 2.05) is 0 Å². The van der Waals surface area contributed by atoms with E-state index < -0.39 is 0 Å². The van der Waals surface area contributed by atoms with Crippen LogP contribution in [0.2, 0.25) is 0 Å². The molecule has 1 aromatic heterocycles. The normalized spacial score (nSPS) is 15.9. The van der Waals surface area contributed by atoms with Crippen molar-refractivity contribution in [3.63, 3.8) is 0 Å². The summed E-state index contributed by atoms with van der Waals surface area (Å²) >= 11 is 0. The van der Waals surface area contributed by atoms with Crippen molar-refractivity contribution in [2.24, 2.45) is 5.92 Å². The Kier molecular flexibility index (Phi) is 5.59. The number of aromatic nitrogens is 2. The lowest BCUT2D eigenvalue weighted by atomic mass is 10.2. The molecule has 1 aliphatic carbocycles. The van der Waals surface area contributed by atoms with Crippen molar-refractivity contribution in [1.29, 1.82) is 0 Å². The summed E-state index contributed by atoms with van der Waals surface area (Å²) in [5.41, 5.74) is -0.0536. The van der Waals surface area contributed by atoms with E-state index in [1.54, 1.807) is 17.0 Å². The highest BCUT2D eigenvalue weighted by atomic mass is 16.5. The second-order valence-electron chi connectivity index (χ2n) is 5.83. The highest BCUT2D eigenvalue weighted by Crippen LogP contribution is 2.20. The van der Waals surface area contributed by atoms with E-state index in [1.165, 1.54) is 25.7 Å². The van der Waals surface area contributed by atoms with E-state index in [0.29, 0.717) is 37.5 Å². The van der Waals surface area contributed by atoms with Gasteiger partial charge in [0.05, 0.1) is 12.7 Å². The molecule has 112 valence electrons. The molecule has 0 spiro atoms. The smallest absolute Gasteiger partial charge is 0.293 e. The number of ether oxygens (including phenoxy) is 1. The minimum Gasteiger partial charge on any atom is -0.376 e. The van der Waals surface area contributed by atoms with Gasteiger partial charge in [-0.25, -0.2) is 4.98 Å². The summed E-state index contributed by atoms with van der Waals surface area (Å²) in [7, 11) is 0. The molecule has 0 bridgehead atoms. The molecule has 1 heterocycles. The highest BCUT2D eigenvalue weighted by Gasteiger charge is 2.14. The molecule has 1 aliphatic rings. The molecule has 1 saturated carbocycles.